The largest absolute Gasteiger partial charge is 0.859 e. The summed E-state index contributed by atoms with van der Waals surface area (Å²) in [5.41, 5.74) is -0.831. The summed E-state index contributed by atoms with van der Waals surface area (Å²) in [7, 11) is 1.69. The zero-order valence-corrected chi connectivity index (χ0v) is 34.0. The van der Waals surface area contributed by atoms with Gasteiger partial charge in [-0.3, -0.25) is 9.59 Å². The number of aromatic nitrogens is 2. The first kappa shape index (κ1) is 42.7. The Hall–Kier alpha value is -3.50. The molecule has 2 aromatic heterocycles. The van der Waals surface area contributed by atoms with Crippen LogP contribution < -0.4 is 32.0 Å². The molecule has 4 aromatic rings. The van der Waals surface area contributed by atoms with Gasteiger partial charge in [-0.05, 0) is 124 Å². The molecule has 0 aliphatic heterocycles. The van der Waals surface area contributed by atoms with Gasteiger partial charge in [-0.2, -0.15) is 10.5 Å². The quantitative estimate of drug-likeness (QED) is 0.162. The number of rotatable bonds is 9. The molecule has 0 amide bonds. The van der Waals surface area contributed by atoms with Crippen molar-refractivity contribution >= 4 is 53.4 Å². The number of nitrogens with zero attached hydrogens (tertiary/aromatic N) is 2. The Morgan fingerprint density at radius 1 is 0.600 bits per heavy atom. The maximum absolute atomic E-state index is 12.8. The highest BCUT2D eigenvalue weighted by atomic mass is 79.9. The molecule has 0 fully saturated rings. The van der Waals surface area contributed by atoms with Crippen LogP contribution in [0.1, 0.15) is 66.5 Å². The first-order chi connectivity index (χ1) is 23.5. The molecule has 0 atom stereocenters. The number of hydrogen-bond donors (Lipinski definition) is 4. The summed E-state index contributed by atoms with van der Waals surface area (Å²) in [6, 6.07) is 20.1. The van der Waals surface area contributed by atoms with Gasteiger partial charge >= 0.3 is 0 Å². The van der Waals surface area contributed by atoms with Crippen molar-refractivity contribution < 1.29 is 20.8 Å². The zero-order chi connectivity index (χ0) is 37.7. The molecule has 266 valence electrons. The molecule has 0 radical (unpaired) electrons. The van der Waals surface area contributed by atoms with E-state index in [1.165, 1.54) is 0 Å². The van der Waals surface area contributed by atoms with Gasteiger partial charge in [0.15, 0.2) is 0 Å². The first-order valence-corrected chi connectivity index (χ1v) is 19.5. The van der Waals surface area contributed by atoms with Crippen LogP contribution in [0.5, 0.6) is 11.8 Å². The Kier molecular flexibility index (Phi) is 17.4. The van der Waals surface area contributed by atoms with E-state index in [2.05, 4.69) is 108 Å². The predicted octanol–water partition coefficient (Wildman–Crippen LogP) is 5.35. The average Bonchev–Trinajstić information content (AvgIpc) is 3.01. The second kappa shape index (κ2) is 20.4. The minimum atomic E-state index is -0.828. The summed E-state index contributed by atoms with van der Waals surface area (Å²) >= 11 is 6.65. The average molecular weight is 847 g/mol. The molecule has 0 aliphatic carbocycles. The molecule has 2 aromatic carbocycles. The van der Waals surface area contributed by atoms with E-state index in [-0.39, 0.29) is 32.0 Å². The van der Waals surface area contributed by atoms with Crippen molar-refractivity contribution in [3.05, 3.63) is 89.3 Å². The van der Waals surface area contributed by atoms with E-state index in [0.29, 0.717) is 11.1 Å². The molecule has 0 saturated carbocycles. The van der Waals surface area contributed by atoms with Crippen LogP contribution in [0, 0.1) is 22.7 Å². The number of nitrogens with two attached hydrogens (primary N) is 2. The van der Waals surface area contributed by atoms with Gasteiger partial charge in [0.05, 0.1) is 45.1 Å². The minimum Gasteiger partial charge on any atom is -0.859 e. The number of nitriles is 2. The molecule has 14 heteroatoms. The third kappa shape index (κ3) is 12.7. The van der Waals surface area contributed by atoms with Crippen LogP contribution in [0.2, 0.25) is 0 Å². The normalized spacial score (nSPS) is 10.7. The summed E-state index contributed by atoms with van der Waals surface area (Å²) in [5, 5.41) is 48.7. The van der Waals surface area contributed by atoms with Gasteiger partial charge < -0.3 is 30.8 Å². The van der Waals surface area contributed by atoms with E-state index in [4.69, 9.17) is 0 Å². The molecule has 0 aliphatic rings. The van der Waals surface area contributed by atoms with Gasteiger partial charge in [-0.1, -0.05) is 56.1 Å². The molecular weight excluding hydrogens is 804 g/mol. The molecule has 6 N–H and O–H groups in total. The fraction of sp³-hybridized carbons (Fsp3) is 0.333. The van der Waals surface area contributed by atoms with E-state index in [0.717, 1.165) is 54.7 Å². The van der Waals surface area contributed by atoms with Gasteiger partial charge in [0.2, 0.25) is 0 Å². The summed E-state index contributed by atoms with van der Waals surface area (Å²) in [5.74, 6) is -1.66. The van der Waals surface area contributed by atoms with Gasteiger partial charge in [-0.25, -0.2) is 0 Å². The van der Waals surface area contributed by atoms with Gasteiger partial charge in [-0.15, -0.1) is 0 Å². The number of halogens is 2. The summed E-state index contributed by atoms with van der Waals surface area (Å²) in [6.07, 6.45) is 0. The third-order valence-electron chi connectivity index (χ3n) is 6.51. The third-order valence-corrected chi connectivity index (χ3v) is 10.0. The van der Waals surface area contributed by atoms with Crippen molar-refractivity contribution in [2.45, 2.75) is 89.3 Å². The van der Waals surface area contributed by atoms with E-state index in [1.807, 2.05) is 12.1 Å². The van der Waals surface area contributed by atoms with Crippen molar-refractivity contribution in [3.63, 3.8) is 0 Å². The monoisotopic (exact) mass is 844 g/mol. The van der Waals surface area contributed by atoms with Crippen LogP contribution in [0.3, 0.4) is 0 Å². The Bertz CT molecular complexity index is 1780. The predicted molar refractivity (Wildman–Crippen MR) is 205 cm³/mol. The highest BCUT2D eigenvalue weighted by Gasteiger charge is 2.21. The van der Waals surface area contributed by atoms with Crippen molar-refractivity contribution in [2.24, 2.45) is 0 Å². The number of pyridine rings is 2. The maximum Gasteiger partial charge on any atom is 0.262 e. The fourth-order valence-electron chi connectivity index (χ4n) is 4.91. The first-order valence-electron chi connectivity index (χ1n) is 15.8. The molecule has 2 heterocycles. The van der Waals surface area contributed by atoms with Crippen LogP contribution >= 0.6 is 53.4 Å². The van der Waals surface area contributed by atoms with Gasteiger partial charge in [0.25, 0.3) is 11.1 Å². The second-order valence-electron chi connectivity index (χ2n) is 12.5. The second-order valence-corrected chi connectivity index (χ2v) is 16.5. The van der Waals surface area contributed by atoms with Crippen molar-refractivity contribution in [2.75, 3.05) is 0 Å². The lowest BCUT2D eigenvalue weighted by Crippen LogP contribution is -2.92. The Morgan fingerprint density at radius 2 is 0.880 bits per heavy atom. The number of nitrogens with one attached hydrogen (secondary N) is 2. The maximum atomic E-state index is 12.8. The molecule has 0 saturated heterocycles. The Morgan fingerprint density at radius 3 is 1.10 bits per heavy atom. The van der Waals surface area contributed by atoms with Gasteiger partial charge in [0.1, 0.15) is 12.1 Å². The number of H-pyrrole nitrogens is 2. The van der Waals surface area contributed by atoms with Crippen LogP contribution in [0.15, 0.2) is 76.9 Å². The molecule has 0 unspecified atom stereocenters. The molecule has 0 spiro atoms. The highest BCUT2D eigenvalue weighted by Crippen LogP contribution is 2.45. The Balaban J connectivity index is 0.000000521. The smallest absolute Gasteiger partial charge is 0.262 e. The van der Waals surface area contributed by atoms with E-state index in [1.54, 1.807) is 48.5 Å². The SMILES string of the molecule is CC(C)[NH2+]C(C)C.CC(C)[NH2+]C(C)C.N#Cc1c([O-])[nH]c(=O)c(SSc2c(-c3ccc(Br)cc3)c(C#N)c([O-])[nH]c2=O)c1-c1ccc(Br)cc1. The highest BCUT2D eigenvalue weighted by molar-refractivity contribution is 9.10. The molecular formula is C36H42Br2N6O4S2. The van der Waals surface area contributed by atoms with Gasteiger partial charge in [0, 0.05) is 20.1 Å². The fourth-order valence-corrected chi connectivity index (χ4v) is 7.91. The molecule has 0 bridgehead atoms. The van der Waals surface area contributed by atoms with E-state index < -0.39 is 22.9 Å². The summed E-state index contributed by atoms with van der Waals surface area (Å²) < 4.78 is 1.51. The minimum absolute atomic E-state index is 0.0179. The van der Waals surface area contributed by atoms with Crippen molar-refractivity contribution in [1.82, 2.24) is 9.97 Å². The lowest BCUT2D eigenvalue weighted by Gasteiger charge is -2.18. The summed E-state index contributed by atoms with van der Waals surface area (Å²) in [6.45, 7) is 17.7. The zero-order valence-electron chi connectivity index (χ0n) is 29.2. The molecule has 10 nitrogen and oxygen atoms in total. The van der Waals surface area contributed by atoms with Crippen LogP contribution in [0.4, 0.5) is 0 Å². The van der Waals surface area contributed by atoms with Crippen molar-refractivity contribution in [1.29, 1.82) is 10.5 Å². The molecule has 50 heavy (non-hydrogen) atoms. The summed E-state index contributed by atoms with van der Waals surface area (Å²) in [4.78, 5) is 30.0. The molecule has 4 rings (SSSR count). The number of benzene rings is 2. The Labute approximate surface area is 317 Å². The van der Waals surface area contributed by atoms with E-state index >= 15 is 0 Å². The number of quaternary nitrogens is 2. The van der Waals surface area contributed by atoms with Crippen LogP contribution in [-0.4, -0.2) is 34.1 Å². The topological polar surface area (TPSA) is 193 Å². The van der Waals surface area contributed by atoms with Crippen LogP contribution in [0.25, 0.3) is 22.3 Å². The van der Waals surface area contributed by atoms with E-state index in [9.17, 15) is 30.3 Å². The number of aromatic amines is 2. The number of hydrogen-bond acceptors (Lipinski definition) is 8. The lowest BCUT2D eigenvalue weighted by atomic mass is 10.0. The van der Waals surface area contributed by atoms with Crippen LogP contribution in [-0.2, 0) is 0 Å². The lowest BCUT2D eigenvalue weighted by molar-refractivity contribution is -0.709. The van der Waals surface area contributed by atoms with Crippen molar-refractivity contribution in [3.8, 4) is 46.2 Å². The standard InChI is InChI=1S/C24H12Br2N4O4S2.2C6H15N/c25-13-5-1-11(2-6-13)17-15(9-27)21(31)29-23(33)19(17)35-36-20-18(12-3-7-14(26)8-4-12)16(10-28)22(32)30-24(20)34;2*1-5(2)7-6(3)4/h1-8H,(H2,29,31,33)(H2,30,32,34);2*5-7H,1-4H3.